The van der Waals surface area contributed by atoms with E-state index in [2.05, 4.69) is 83.5 Å². The molecule has 3 heteroatoms. The number of hydrogen-bond donors (Lipinski definition) is 0. The average Bonchev–Trinajstić information content (AvgIpc) is 2.47. The number of halogens is 1. The molecule has 0 saturated heterocycles. The molecule has 0 saturated carbocycles. The van der Waals surface area contributed by atoms with Gasteiger partial charge in [0.25, 0.3) is 0 Å². The molecule has 0 bridgehead atoms. The van der Waals surface area contributed by atoms with E-state index in [1.54, 1.807) is 0 Å². The standard InChI is InChI=1S/C17H17BrSSe/c1-2-12-19-16-11-7-6-8-14(16)13-17(18)20-15-9-4-3-5-10-15/h3-11,13H,2,12H2,1H3/b17-13-. The molecule has 2 aromatic carbocycles. The third-order valence-corrected chi connectivity index (χ3v) is 6.70. The Morgan fingerprint density at radius 1 is 1.10 bits per heavy atom. The fourth-order valence-corrected chi connectivity index (χ4v) is 5.28. The summed E-state index contributed by atoms with van der Waals surface area (Å²) in [6.45, 7) is 2.22. The molecule has 0 heterocycles. The molecule has 0 amide bonds. The molecule has 0 radical (unpaired) electrons. The molecule has 104 valence electrons. The summed E-state index contributed by atoms with van der Waals surface area (Å²) in [4.78, 5) is 1.37. The third-order valence-electron chi connectivity index (χ3n) is 2.61. The van der Waals surface area contributed by atoms with Gasteiger partial charge in [0.15, 0.2) is 0 Å². The molecular formula is C17H17BrSSe. The van der Waals surface area contributed by atoms with Gasteiger partial charge in [-0.25, -0.2) is 0 Å². The van der Waals surface area contributed by atoms with Gasteiger partial charge in [-0.2, -0.15) is 0 Å². The van der Waals surface area contributed by atoms with Gasteiger partial charge >= 0.3 is 141 Å². The molecule has 0 spiro atoms. The predicted octanol–water partition coefficient (Wildman–Crippen LogP) is 4.91. The van der Waals surface area contributed by atoms with Gasteiger partial charge in [-0.15, -0.1) is 0 Å². The van der Waals surface area contributed by atoms with Crippen LogP contribution >= 0.6 is 27.7 Å². The molecule has 0 nitrogen and oxygen atoms in total. The number of hydrogen-bond acceptors (Lipinski definition) is 1. The Morgan fingerprint density at radius 2 is 1.80 bits per heavy atom. The van der Waals surface area contributed by atoms with Crippen molar-refractivity contribution in [2.24, 2.45) is 0 Å². The Kier molecular flexibility index (Phi) is 6.95. The minimum atomic E-state index is 0.337. The predicted molar refractivity (Wildman–Crippen MR) is 96.2 cm³/mol. The van der Waals surface area contributed by atoms with Crippen LogP contribution in [0.5, 0.6) is 0 Å². The summed E-state index contributed by atoms with van der Waals surface area (Å²) in [5.41, 5.74) is 1.32. The molecule has 0 aromatic heterocycles. The molecule has 2 aromatic rings. The average molecular weight is 412 g/mol. The summed E-state index contributed by atoms with van der Waals surface area (Å²) in [5, 5.41) is 0. The second-order valence-corrected chi connectivity index (χ2v) is 9.76. The van der Waals surface area contributed by atoms with E-state index in [4.69, 9.17) is 0 Å². The Balaban J connectivity index is 2.13. The first kappa shape index (κ1) is 15.9. The van der Waals surface area contributed by atoms with Gasteiger partial charge in [-0.05, 0) is 0 Å². The maximum absolute atomic E-state index is 3.73. The molecule has 0 N–H and O–H groups in total. The zero-order valence-electron chi connectivity index (χ0n) is 11.4. The van der Waals surface area contributed by atoms with E-state index >= 15 is 0 Å². The van der Waals surface area contributed by atoms with Gasteiger partial charge < -0.3 is 0 Å². The van der Waals surface area contributed by atoms with Gasteiger partial charge in [-0.1, -0.05) is 0 Å². The minimum absolute atomic E-state index is 0.337. The quantitative estimate of drug-likeness (QED) is 0.480. The van der Waals surface area contributed by atoms with Gasteiger partial charge in [-0.3, -0.25) is 0 Å². The van der Waals surface area contributed by atoms with Crippen molar-refractivity contribution in [3.63, 3.8) is 0 Å². The molecule has 2 rings (SSSR count). The van der Waals surface area contributed by atoms with Crippen molar-refractivity contribution in [2.45, 2.75) is 18.2 Å². The topological polar surface area (TPSA) is 0 Å². The first-order chi connectivity index (χ1) is 9.79. The normalized spacial score (nSPS) is 11.6. The molecule has 0 aliphatic heterocycles. The summed E-state index contributed by atoms with van der Waals surface area (Å²) < 4.78 is 2.67. The maximum atomic E-state index is 3.73. The van der Waals surface area contributed by atoms with Crippen molar-refractivity contribution in [3.8, 4) is 0 Å². The van der Waals surface area contributed by atoms with Crippen molar-refractivity contribution in [3.05, 3.63) is 63.5 Å². The van der Waals surface area contributed by atoms with E-state index in [0.717, 1.165) is 0 Å². The second kappa shape index (κ2) is 8.74. The number of thioether (sulfide) groups is 1. The summed E-state index contributed by atoms with van der Waals surface area (Å²) in [6, 6.07) is 19.3. The first-order valence-electron chi connectivity index (χ1n) is 6.61. The van der Waals surface area contributed by atoms with Crippen molar-refractivity contribution in [2.75, 3.05) is 5.75 Å². The Morgan fingerprint density at radius 3 is 2.55 bits per heavy atom. The van der Waals surface area contributed by atoms with E-state index in [1.807, 2.05) is 11.8 Å². The van der Waals surface area contributed by atoms with Crippen LogP contribution in [-0.4, -0.2) is 20.7 Å². The van der Waals surface area contributed by atoms with Crippen LogP contribution < -0.4 is 4.46 Å². The van der Waals surface area contributed by atoms with Crippen LogP contribution in [0.1, 0.15) is 18.9 Å². The van der Waals surface area contributed by atoms with Gasteiger partial charge in [0, 0.05) is 0 Å². The zero-order valence-corrected chi connectivity index (χ0v) is 15.5. The monoisotopic (exact) mass is 412 g/mol. The van der Waals surface area contributed by atoms with Gasteiger partial charge in [0.2, 0.25) is 0 Å². The summed E-state index contributed by atoms with van der Waals surface area (Å²) in [6.07, 6.45) is 3.48. The summed E-state index contributed by atoms with van der Waals surface area (Å²) >= 11 is 6.01. The van der Waals surface area contributed by atoms with Crippen molar-refractivity contribution in [1.82, 2.24) is 0 Å². The van der Waals surface area contributed by atoms with Crippen LogP contribution in [0.3, 0.4) is 0 Å². The van der Waals surface area contributed by atoms with Crippen molar-refractivity contribution in [1.29, 1.82) is 0 Å². The molecule has 0 fully saturated rings. The SMILES string of the molecule is CCCSc1ccccc1/C=C(/Br)[Se]c1ccccc1. The number of rotatable bonds is 6. The Bertz CT molecular complexity index is 566. The second-order valence-electron chi connectivity index (χ2n) is 4.25. The van der Waals surface area contributed by atoms with Crippen LogP contribution in [-0.2, 0) is 0 Å². The fraction of sp³-hybridized carbons (Fsp3) is 0.176. The summed E-state index contributed by atoms with van der Waals surface area (Å²) in [5.74, 6) is 1.17. The van der Waals surface area contributed by atoms with E-state index in [-0.39, 0.29) is 0 Å². The molecular weight excluding hydrogens is 395 g/mol. The van der Waals surface area contributed by atoms with Crippen LogP contribution in [0.15, 0.2) is 62.9 Å². The Hall–Kier alpha value is -0.471. The van der Waals surface area contributed by atoms with Crippen molar-refractivity contribution >= 4 is 53.2 Å². The van der Waals surface area contributed by atoms with E-state index in [9.17, 15) is 0 Å². The van der Waals surface area contributed by atoms with Crippen LogP contribution in [0, 0.1) is 0 Å². The molecule has 0 atom stereocenters. The van der Waals surface area contributed by atoms with E-state index in [1.165, 1.54) is 30.5 Å². The van der Waals surface area contributed by atoms with Gasteiger partial charge in [0.05, 0.1) is 0 Å². The molecule has 0 aliphatic carbocycles. The van der Waals surface area contributed by atoms with Crippen LogP contribution in [0.2, 0.25) is 0 Å². The zero-order chi connectivity index (χ0) is 14.2. The van der Waals surface area contributed by atoms with Gasteiger partial charge in [0.1, 0.15) is 0 Å². The fourth-order valence-electron chi connectivity index (χ4n) is 1.70. The number of benzene rings is 2. The van der Waals surface area contributed by atoms with E-state index in [0.29, 0.717) is 15.0 Å². The Labute approximate surface area is 140 Å². The molecule has 0 aliphatic rings. The molecule has 0 unspecified atom stereocenters. The molecule has 20 heavy (non-hydrogen) atoms. The first-order valence-corrected chi connectivity index (χ1v) is 10.1. The van der Waals surface area contributed by atoms with Crippen LogP contribution in [0.4, 0.5) is 0 Å². The third kappa shape index (κ3) is 5.14. The van der Waals surface area contributed by atoms with Crippen molar-refractivity contribution < 1.29 is 0 Å². The summed E-state index contributed by atoms with van der Waals surface area (Å²) in [7, 11) is 0. The van der Waals surface area contributed by atoms with Crippen LogP contribution in [0.25, 0.3) is 6.08 Å². The van der Waals surface area contributed by atoms with E-state index < -0.39 is 0 Å².